The molecule has 3 heteroatoms. The van der Waals surface area contributed by atoms with E-state index in [1.165, 1.54) is 5.57 Å². The number of nitrogens with zero attached hydrogens (tertiary/aromatic N) is 2. The van der Waals surface area contributed by atoms with Gasteiger partial charge in [0.05, 0.1) is 6.54 Å². The lowest BCUT2D eigenvalue weighted by Gasteiger charge is -2.24. The number of nitrogens with two attached hydrogens (primary N) is 1. The molecule has 2 aliphatic heterocycles. The third-order valence-corrected chi connectivity index (χ3v) is 2.19. The zero-order valence-corrected chi connectivity index (χ0v) is 7.14. The molecule has 0 radical (unpaired) electrons. The summed E-state index contributed by atoms with van der Waals surface area (Å²) >= 11 is 0. The van der Waals surface area contributed by atoms with Gasteiger partial charge in [0.25, 0.3) is 0 Å². The van der Waals surface area contributed by atoms with Crippen LogP contribution in [-0.2, 0) is 0 Å². The van der Waals surface area contributed by atoms with Crippen molar-refractivity contribution < 1.29 is 0 Å². The molecule has 0 saturated carbocycles. The Morgan fingerprint density at radius 1 is 1.75 bits per heavy atom. The first-order valence-electron chi connectivity index (χ1n) is 4.20. The highest BCUT2D eigenvalue weighted by atomic mass is 15.3. The second kappa shape index (κ2) is 2.75. The van der Waals surface area contributed by atoms with E-state index in [0.717, 1.165) is 6.54 Å². The third-order valence-electron chi connectivity index (χ3n) is 2.19. The third kappa shape index (κ3) is 1.16. The molecule has 2 atom stereocenters. The predicted octanol–water partition coefficient (Wildman–Crippen LogP) is 0.500. The van der Waals surface area contributed by atoms with E-state index in [4.69, 9.17) is 5.73 Å². The minimum absolute atomic E-state index is 0.114. The summed E-state index contributed by atoms with van der Waals surface area (Å²) in [4.78, 5) is 6.46. The maximum atomic E-state index is 5.76. The molecule has 0 saturated heterocycles. The van der Waals surface area contributed by atoms with Gasteiger partial charge in [0.15, 0.2) is 0 Å². The Kier molecular flexibility index (Phi) is 1.73. The molecule has 2 unspecified atom stereocenters. The lowest BCUT2D eigenvalue weighted by atomic mass is 10.1. The Balaban J connectivity index is 2.18. The second-order valence-electron chi connectivity index (χ2n) is 3.22. The van der Waals surface area contributed by atoms with Gasteiger partial charge in [0.1, 0.15) is 6.17 Å². The van der Waals surface area contributed by atoms with E-state index in [2.05, 4.69) is 28.2 Å². The largest absolute Gasteiger partial charge is 0.347 e. The first kappa shape index (κ1) is 7.55. The van der Waals surface area contributed by atoms with Gasteiger partial charge in [0, 0.05) is 18.5 Å². The maximum Gasteiger partial charge on any atom is 0.140 e. The lowest BCUT2D eigenvalue weighted by molar-refractivity contribution is 0.388. The van der Waals surface area contributed by atoms with Gasteiger partial charge in [-0.1, -0.05) is 6.08 Å². The van der Waals surface area contributed by atoms with Crippen LogP contribution >= 0.6 is 0 Å². The predicted molar refractivity (Wildman–Crippen MR) is 49.9 cm³/mol. The lowest BCUT2D eigenvalue weighted by Crippen LogP contribution is -2.29. The summed E-state index contributed by atoms with van der Waals surface area (Å²) in [5, 5.41) is 0. The first-order chi connectivity index (χ1) is 5.77. The molecule has 0 amide bonds. The molecule has 0 aliphatic carbocycles. The van der Waals surface area contributed by atoms with Crippen molar-refractivity contribution >= 4 is 6.21 Å². The van der Waals surface area contributed by atoms with Crippen molar-refractivity contribution in [2.24, 2.45) is 10.7 Å². The average molecular weight is 163 g/mol. The van der Waals surface area contributed by atoms with Crippen LogP contribution in [0, 0.1) is 0 Å². The summed E-state index contributed by atoms with van der Waals surface area (Å²) in [5.74, 6) is 0. The number of rotatable bonds is 1. The molecular formula is C9H13N3. The van der Waals surface area contributed by atoms with E-state index in [0.29, 0.717) is 0 Å². The van der Waals surface area contributed by atoms with Crippen LogP contribution in [0.15, 0.2) is 28.9 Å². The summed E-state index contributed by atoms with van der Waals surface area (Å²) in [6.07, 6.45) is 8.42. The number of hydrogen-bond acceptors (Lipinski definition) is 3. The van der Waals surface area contributed by atoms with Crippen molar-refractivity contribution in [2.75, 3.05) is 6.54 Å². The van der Waals surface area contributed by atoms with Gasteiger partial charge >= 0.3 is 0 Å². The SMILES string of the molecule is CC(N)C1=CN2CC=NC2C=C1. The van der Waals surface area contributed by atoms with Crippen LogP contribution in [0.3, 0.4) is 0 Å². The average Bonchev–Trinajstić information content (AvgIpc) is 2.49. The topological polar surface area (TPSA) is 41.6 Å². The minimum Gasteiger partial charge on any atom is -0.347 e. The van der Waals surface area contributed by atoms with Crippen LogP contribution in [0.5, 0.6) is 0 Å². The van der Waals surface area contributed by atoms with E-state index in [1.54, 1.807) is 0 Å². The van der Waals surface area contributed by atoms with Crippen molar-refractivity contribution in [1.29, 1.82) is 0 Å². The molecule has 2 heterocycles. The standard InChI is InChI=1S/C9H13N3/c1-7(10)8-2-3-9-11-4-5-12(9)6-8/h2-4,6-7,9H,5,10H2,1H3. The minimum atomic E-state index is 0.114. The van der Waals surface area contributed by atoms with Crippen LogP contribution < -0.4 is 5.73 Å². The fourth-order valence-electron chi connectivity index (χ4n) is 1.43. The first-order valence-corrected chi connectivity index (χ1v) is 4.20. The smallest absolute Gasteiger partial charge is 0.140 e. The van der Waals surface area contributed by atoms with Crippen LogP contribution in [0.2, 0.25) is 0 Å². The Labute approximate surface area is 72.3 Å². The molecule has 0 spiro atoms. The monoisotopic (exact) mass is 163 g/mol. The zero-order chi connectivity index (χ0) is 8.55. The summed E-state index contributed by atoms with van der Waals surface area (Å²) in [6, 6.07) is 0.114. The van der Waals surface area contributed by atoms with Gasteiger partial charge in [0.2, 0.25) is 0 Å². The molecule has 12 heavy (non-hydrogen) atoms. The number of fused-ring (bicyclic) bond motifs is 1. The van der Waals surface area contributed by atoms with Crippen molar-refractivity contribution in [3.05, 3.63) is 23.9 Å². The Morgan fingerprint density at radius 3 is 3.33 bits per heavy atom. The highest BCUT2D eigenvalue weighted by molar-refractivity contribution is 5.63. The molecule has 0 aromatic heterocycles. The highest BCUT2D eigenvalue weighted by Crippen LogP contribution is 2.18. The normalized spacial score (nSPS) is 28.7. The molecule has 0 aromatic rings. The van der Waals surface area contributed by atoms with Crippen LogP contribution in [-0.4, -0.2) is 29.9 Å². The van der Waals surface area contributed by atoms with Gasteiger partial charge in [-0.2, -0.15) is 0 Å². The second-order valence-corrected chi connectivity index (χ2v) is 3.22. The molecule has 2 N–H and O–H groups in total. The van der Waals surface area contributed by atoms with Gasteiger partial charge < -0.3 is 10.6 Å². The summed E-state index contributed by atoms with van der Waals surface area (Å²) in [6.45, 7) is 2.90. The Hall–Kier alpha value is -1.09. The van der Waals surface area contributed by atoms with E-state index in [1.807, 2.05) is 13.1 Å². The van der Waals surface area contributed by atoms with Gasteiger partial charge in [-0.3, -0.25) is 4.99 Å². The molecular weight excluding hydrogens is 150 g/mol. The Bertz CT molecular complexity index is 263. The summed E-state index contributed by atoms with van der Waals surface area (Å²) in [5.41, 5.74) is 6.94. The Morgan fingerprint density at radius 2 is 2.58 bits per heavy atom. The van der Waals surface area contributed by atoms with Gasteiger partial charge in [-0.25, -0.2) is 0 Å². The molecule has 64 valence electrons. The van der Waals surface area contributed by atoms with E-state index < -0.39 is 0 Å². The fourth-order valence-corrected chi connectivity index (χ4v) is 1.43. The maximum absolute atomic E-state index is 5.76. The van der Waals surface area contributed by atoms with Crippen LogP contribution in [0.25, 0.3) is 0 Å². The summed E-state index contributed by atoms with van der Waals surface area (Å²) in [7, 11) is 0. The molecule has 0 aromatic carbocycles. The molecule has 2 rings (SSSR count). The van der Waals surface area contributed by atoms with E-state index >= 15 is 0 Å². The zero-order valence-electron chi connectivity index (χ0n) is 7.14. The fraction of sp³-hybridized carbons (Fsp3) is 0.444. The number of hydrogen-bond donors (Lipinski definition) is 1. The van der Waals surface area contributed by atoms with Crippen molar-refractivity contribution in [3.63, 3.8) is 0 Å². The number of aliphatic imine (C=N–C) groups is 1. The molecule has 0 fully saturated rings. The van der Waals surface area contributed by atoms with E-state index in [9.17, 15) is 0 Å². The quantitative estimate of drug-likeness (QED) is 0.611. The van der Waals surface area contributed by atoms with E-state index in [-0.39, 0.29) is 12.2 Å². The summed E-state index contributed by atoms with van der Waals surface area (Å²) < 4.78 is 0. The van der Waals surface area contributed by atoms with Gasteiger partial charge in [-0.15, -0.1) is 0 Å². The molecule has 3 nitrogen and oxygen atoms in total. The molecule has 0 bridgehead atoms. The van der Waals surface area contributed by atoms with Crippen LogP contribution in [0.1, 0.15) is 6.92 Å². The van der Waals surface area contributed by atoms with Crippen molar-refractivity contribution in [2.45, 2.75) is 19.1 Å². The molecule has 2 aliphatic rings. The van der Waals surface area contributed by atoms with Crippen LogP contribution in [0.4, 0.5) is 0 Å². The van der Waals surface area contributed by atoms with Crippen molar-refractivity contribution in [3.8, 4) is 0 Å². The highest BCUT2D eigenvalue weighted by Gasteiger charge is 2.19. The van der Waals surface area contributed by atoms with Crippen molar-refractivity contribution in [1.82, 2.24) is 4.90 Å². The van der Waals surface area contributed by atoms with Gasteiger partial charge in [-0.05, 0) is 18.6 Å².